The van der Waals surface area contributed by atoms with Crippen LogP contribution in [0.25, 0.3) is 0 Å². The van der Waals surface area contributed by atoms with Crippen molar-refractivity contribution in [1.29, 1.82) is 5.26 Å². The number of nitrogens with zero attached hydrogens (tertiary/aromatic N) is 1. The van der Waals surface area contributed by atoms with Crippen LogP contribution in [0.3, 0.4) is 0 Å². The number of carbonyl (C=O) groups excluding carboxylic acids is 1. The maximum Gasteiger partial charge on any atom is 0.335 e. The van der Waals surface area contributed by atoms with Gasteiger partial charge in [0.1, 0.15) is 17.0 Å². The standard InChI is InChI=1S/C33H31Cl2F2N3O3/c1-18(19-6-3-2-4-7-19)30-33(17-38,24-15-12-21(34)16-26(24)36)27(23-8-5-9-25(35)28(23)37)29(40-30)31(41)39-22-13-10-20(11-14-22)32(42)43/h5,8-16,18-19,27,29-30,40H,2-4,6-7H2,1H3,(H,39,41)(H,42,43)/t18?,27-,29+,30-,33+/m0/s1. The van der Waals surface area contributed by atoms with Crippen LogP contribution in [0.15, 0.2) is 60.7 Å². The Bertz CT molecular complexity index is 1570. The van der Waals surface area contributed by atoms with Gasteiger partial charge in [-0.05, 0) is 59.9 Å². The Morgan fingerprint density at radius 3 is 2.40 bits per heavy atom. The Balaban J connectivity index is 1.69. The lowest BCUT2D eigenvalue weighted by atomic mass is 9.60. The van der Waals surface area contributed by atoms with Gasteiger partial charge in [0, 0.05) is 28.2 Å². The van der Waals surface area contributed by atoms with Gasteiger partial charge in [-0.2, -0.15) is 5.26 Å². The number of hydrogen-bond donors (Lipinski definition) is 3. The lowest BCUT2D eigenvalue weighted by Crippen LogP contribution is -2.49. The van der Waals surface area contributed by atoms with E-state index in [0.29, 0.717) is 5.69 Å². The van der Waals surface area contributed by atoms with Crippen LogP contribution in [0, 0.1) is 34.8 Å². The third kappa shape index (κ3) is 5.74. The van der Waals surface area contributed by atoms with Crippen molar-refractivity contribution < 1.29 is 23.5 Å². The Morgan fingerprint density at radius 2 is 1.77 bits per heavy atom. The smallest absolute Gasteiger partial charge is 0.335 e. The van der Waals surface area contributed by atoms with E-state index in [0.717, 1.165) is 38.2 Å². The molecule has 224 valence electrons. The van der Waals surface area contributed by atoms with Gasteiger partial charge in [0.25, 0.3) is 0 Å². The molecule has 5 atom stereocenters. The Labute approximate surface area is 259 Å². The predicted octanol–water partition coefficient (Wildman–Crippen LogP) is 7.71. The number of rotatable bonds is 7. The van der Waals surface area contributed by atoms with Crippen molar-refractivity contribution >= 4 is 40.8 Å². The first kappa shape index (κ1) is 30.9. The van der Waals surface area contributed by atoms with Crippen LogP contribution < -0.4 is 10.6 Å². The fourth-order valence-corrected chi connectivity index (χ4v) is 7.40. The lowest BCUT2D eigenvalue weighted by molar-refractivity contribution is -0.118. The monoisotopic (exact) mass is 625 g/mol. The highest BCUT2D eigenvalue weighted by atomic mass is 35.5. The van der Waals surface area contributed by atoms with E-state index in [-0.39, 0.29) is 38.6 Å². The normalized spacial score (nSPS) is 24.7. The first-order chi connectivity index (χ1) is 20.6. The Kier molecular flexibility index (Phi) is 9.07. The van der Waals surface area contributed by atoms with Crippen LogP contribution in [0.1, 0.15) is 66.4 Å². The van der Waals surface area contributed by atoms with Gasteiger partial charge in [-0.3, -0.25) is 4.79 Å². The third-order valence-electron chi connectivity index (χ3n) is 9.15. The summed E-state index contributed by atoms with van der Waals surface area (Å²) in [6.45, 7) is 2.00. The summed E-state index contributed by atoms with van der Waals surface area (Å²) in [6.07, 6.45) is 5.01. The molecule has 1 saturated carbocycles. The molecule has 1 amide bonds. The summed E-state index contributed by atoms with van der Waals surface area (Å²) in [4.78, 5) is 25.4. The number of hydrogen-bond acceptors (Lipinski definition) is 4. The summed E-state index contributed by atoms with van der Waals surface area (Å²) in [5, 5.41) is 26.5. The number of amides is 1. The average Bonchev–Trinajstić information content (AvgIpc) is 3.34. The molecule has 0 aromatic heterocycles. The molecule has 1 unspecified atom stereocenters. The molecule has 3 N–H and O–H groups in total. The first-order valence-electron chi connectivity index (χ1n) is 14.3. The predicted molar refractivity (Wildman–Crippen MR) is 161 cm³/mol. The molecular weight excluding hydrogens is 595 g/mol. The van der Waals surface area contributed by atoms with Crippen LogP contribution in [-0.2, 0) is 10.2 Å². The molecule has 5 rings (SSSR count). The van der Waals surface area contributed by atoms with E-state index < -0.39 is 46.9 Å². The zero-order chi connectivity index (χ0) is 30.9. The fraction of sp³-hybridized carbons (Fsp3) is 0.364. The molecule has 1 saturated heterocycles. The van der Waals surface area contributed by atoms with Gasteiger partial charge < -0.3 is 15.7 Å². The molecule has 3 aromatic carbocycles. The minimum atomic E-state index is -1.73. The number of carboxylic acids is 1. The summed E-state index contributed by atoms with van der Waals surface area (Å²) in [5.74, 6) is -4.40. The van der Waals surface area contributed by atoms with E-state index in [1.54, 1.807) is 6.07 Å². The largest absolute Gasteiger partial charge is 0.478 e. The van der Waals surface area contributed by atoms with Gasteiger partial charge in [-0.1, -0.05) is 80.4 Å². The van der Waals surface area contributed by atoms with Crippen LogP contribution in [-0.4, -0.2) is 29.1 Å². The van der Waals surface area contributed by atoms with Gasteiger partial charge in [0.2, 0.25) is 5.91 Å². The van der Waals surface area contributed by atoms with Gasteiger partial charge >= 0.3 is 5.97 Å². The summed E-state index contributed by atoms with van der Waals surface area (Å²) >= 11 is 12.3. The summed E-state index contributed by atoms with van der Waals surface area (Å²) in [6, 6.07) is 14.5. The zero-order valence-corrected chi connectivity index (χ0v) is 24.9. The minimum Gasteiger partial charge on any atom is -0.478 e. The van der Waals surface area contributed by atoms with Gasteiger partial charge in [0.05, 0.1) is 22.7 Å². The molecule has 3 aromatic rings. The van der Waals surface area contributed by atoms with E-state index >= 15 is 8.78 Å². The van der Waals surface area contributed by atoms with Crippen molar-refractivity contribution in [3.8, 4) is 6.07 Å². The Morgan fingerprint density at radius 1 is 1.07 bits per heavy atom. The van der Waals surface area contributed by atoms with Gasteiger partial charge in [-0.25, -0.2) is 13.6 Å². The number of aromatic carboxylic acids is 1. The Hall–Kier alpha value is -3.51. The number of anilines is 1. The molecule has 1 heterocycles. The molecule has 6 nitrogen and oxygen atoms in total. The van der Waals surface area contributed by atoms with Gasteiger partial charge in [0.15, 0.2) is 0 Å². The molecule has 0 spiro atoms. The number of benzene rings is 3. The molecule has 2 aliphatic rings. The topological polar surface area (TPSA) is 102 Å². The van der Waals surface area contributed by atoms with E-state index in [4.69, 9.17) is 23.2 Å². The van der Waals surface area contributed by atoms with Crippen molar-refractivity contribution in [3.05, 3.63) is 99.0 Å². The highest BCUT2D eigenvalue weighted by Crippen LogP contribution is 2.54. The number of carboxylic acid groups (broad SMARTS) is 1. The highest BCUT2D eigenvalue weighted by Gasteiger charge is 2.62. The SMILES string of the molecule is CC(C1CCCCC1)[C@@H]1N[C@@H](C(=O)Nc2ccc(C(=O)O)cc2)[C@H](c2cccc(Cl)c2F)[C@@]1(C#N)c1ccc(Cl)cc1F. The quantitative estimate of drug-likeness (QED) is 0.249. The summed E-state index contributed by atoms with van der Waals surface area (Å²) in [7, 11) is 0. The van der Waals surface area contributed by atoms with Crippen molar-refractivity contribution in [2.45, 2.75) is 62.4 Å². The molecule has 10 heteroatoms. The summed E-state index contributed by atoms with van der Waals surface area (Å²) < 4.78 is 31.8. The zero-order valence-electron chi connectivity index (χ0n) is 23.4. The molecule has 0 radical (unpaired) electrons. The van der Waals surface area contributed by atoms with E-state index in [2.05, 4.69) is 16.7 Å². The van der Waals surface area contributed by atoms with E-state index in [9.17, 15) is 20.0 Å². The number of halogens is 4. The van der Waals surface area contributed by atoms with Crippen molar-refractivity contribution in [2.24, 2.45) is 11.8 Å². The van der Waals surface area contributed by atoms with E-state index in [1.807, 2.05) is 6.92 Å². The minimum absolute atomic E-state index is 0.00983. The molecule has 0 bridgehead atoms. The average molecular weight is 627 g/mol. The fourth-order valence-electron chi connectivity index (χ4n) is 7.06. The second-order valence-electron chi connectivity index (χ2n) is 11.5. The number of carbonyl (C=O) groups is 2. The maximum absolute atomic E-state index is 15.9. The van der Waals surface area contributed by atoms with Crippen LogP contribution in [0.4, 0.5) is 14.5 Å². The third-order valence-corrected chi connectivity index (χ3v) is 9.68. The first-order valence-corrected chi connectivity index (χ1v) is 15.0. The summed E-state index contributed by atoms with van der Waals surface area (Å²) in [5.41, 5.74) is -1.35. The molecule has 43 heavy (non-hydrogen) atoms. The molecule has 2 fully saturated rings. The molecule has 1 aliphatic carbocycles. The highest BCUT2D eigenvalue weighted by molar-refractivity contribution is 6.31. The second-order valence-corrected chi connectivity index (χ2v) is 12.3. The number of nitrogens with one attached hydrogen (secondary N) is 2. The molecule has 1 aliphatic heterocycles. The maximum atomic E-state index is 15.9. The number of nitriles is 1. The lowest BCUT2D eigenvalue weighted by Gasteiger charge is -2.41. The van der Waals surface area contributed by atoms with Crippen LogP contribution in [0.5, 0.6) is 0 Å². The van der Waals surface area contributed by atoms with Crippen LogP contribution >= 0.6 is 23.2 Å². The van der Waals surface area contributed by atoms with Crippen molar-refractivity contribution in [2.75, 3.05) is 5.32 Å². The van der Waals surface area contributed by atoms with Crippen molar-refractivity contribution in [1.82, 2.24) is 5.32 Å². The second kappa shape index (κ2) is 12.6. The van der Waals surface area contributed by atoms with Crippen LogP contribution in [0.2, 0.25) is 10.0 Å². The van der Waals surface area contributed by atoms with Gasteiger partial charge in [-0.15, -0.1) is 0 Å². The molecular formula is C33H31Cl2F2N3O3. The van der Waals surface area contributed by atoms with Crippen molar-refractivity contribution in [3.63, 3.8) is 0 Å². The van der Waals surface area contributed by atoms with E-state index in [1.165, 1.54) is 48.5 Å².